The third kappa shape index (κ3) is 3.62. The minimum absolute atomic E-state index is 0.00520. The summed E-state index contributed by atoms with van der Waals surface area (Å²) in [5, 5.41) is 11.4. The number of anilines is 1. The largest absolute Gasteiger partial charge is 0.478 e. The van der Waals surface area contributed by atoms with E-state index in [1.165, 1.54) is 24.3 Å². The molecule has 0 saturated heterocycles. The first-order chi connectivity index (χ1) is 9.88. The highest BCUT2D eigenvalue weighted by Gasteiger charge is 2.10. The lowest BCUT2D eigenvalue weighted by Gasteiger charge is -2.10. The Morgan fingerprint density at radius 1 is 1.14 bits per heavy atom. The van der Waals surface area contributed by atoms with E-state index in [2.05, 4.69) is 5.32 Å². The standard InChI is InChI=1S/C14H9Cl2F2NO2/c15-10-4-9(5-11(16)13(10)18)19-6-8-3-7(14(20)21)1-2-12(8)17/h1-5,19H,6H2,(H,20,21). The lowest BCUT2D eigenvalue weighted by atomic mass is 10.1. The molecule has 0 amide bonds. The van der Waals surface area contributed by atoms with Gasteiger partial charge in [-0.1, -0.05) is 23.2 Å². The summed E-state index contributed by atoms with van der Waals surface area (Å²) >= 11 is 11.3. The minimum atomic E-state index is -1.15. The average molecular weight is 332 g/mol. The van der Waals surface area contributed by atoms with Gasteiger partial charge in [-0.3, -0.25) is 0 Å². The molecule has 2 rings (SSSR count). The fourth-order valence-corrected chi connectivity index (χ4v) is 2.19. The summed E-state index contributed by atoms with van der Waals surface area (Å²) < 4.78 is 26.9. The van der Waals surface area contributed by atoms with Crippen LogP contribution >= 0.6 is 23.2 Å². The Hall–Kier alpha value is -1.85. The average Bonchev–Trinajstić information content (AvgIpc) is 2.43. The molecule has 0 aromatic heterocycles. The van der Waals surface area contributed by atoms with Crippen molar-refractivity contribution < 1.29 is 18.7 Å². The van der Waals surface area contributed by atoms with E-state index in [0.717, 1.165) is 6.07 Å². The van der Waals surface area contributed by atoms with Crippen LogP contribution in [0.3, 0.4) is 0 Å². The molecule has 2 N–H and O–H groups in total. The molecule has 0 aliphatic heterocycles. The lowest BCUT2D eigenvalue weighted by molar-refractivity contribution is 0.0696. The number of carbonyl (C=O) groups is 1. The van der Waals surface area contributed by atoms with Gasteiger partial charge in [0.25, 0.3) is 0 Å². The van der Waals surface area contributed by atoms with E-state index in [0.29, 0.717) is 5.69 Å². The molecule has 21 heavy (non-hydrogen) atoms. The molecule has 7 heteroatoms. The summed E-state index contributed by atoms with van der Waals surface area (Å²) in [5.74, 6) is -2.43. The molecule has 2 aromatic carbocycles. The van der Waals surface area contributed by atoms with Crippen LogP contribution in [0.4, 0.5) is 14.5 Å². The van der Waals surface area contributed by atoms with Crippen molar-refractivity contribution in [3.63, 3.8) is 0 Å². The second-order valence-electron chi connectivity index (χ2n) is 4.22. The van der Waals surface area contributed by atoms with Gasteiger partial charge in [0.2, 0.25) is 0 Å². The van der Waals surface area contributed by atoms with Crippen LogP contribution in [-0.2, 0) is 6.54 Å². The number of carboxylic acid groups (broad SMARTS) is 1. The van der Waals surface area contributed by atoms with Crippen molar-refractivity contribution in [1.82, 2.24) is 0 Å². The Labute approximate surface area is 129 Å². The van der Waals surface area contributed by atoms with Crippen molar-refractivity contribution in [2.75, 3.05) is 5.32 Å². The topological polar surface area (TPSA) is 49.3 Å². The number of hydrogen-bond acceptors (Lipinski definition) is 2. The third-order valence-corrected chi connectivity index (χ3v) is 3.31. The fraction of sp³-hybridized carbons (Fsp3) is 0.0714. The van der Waals surface area contributed by atoms with Crippen molar-refractivity contribution in [3.05, 3.63) is 63.1 Å². The predicted octanol–water partition coefficient (Wildman–Crippen LogP) is 4.58. The van der Waals surface area contributed by atoms with Crippen LogP contribution in [-0.4, -0.2) is 11.1 Å². The summed E-state index contributed by atoms with van der Waals surface area (Å²) in [6.07, 6.45) is 0. The summed E-state index contributed by atoms with van der Waals surface area (Å²) in [5.41, 5.74) is 0.529. The molecular weight excluding hydrogens is 323 g/mol. The number of nitrogens with one attached hydrogen (secondary N) is 1. The molecule has 0 fully saturated rings. The molecule has 0 radical (unpaired) electrons. The molecule has 0 bridgehead atoms. The normalized spacial score (nSPS) is 10.5. The Balaban J connectivity index is 2.20. The van der Waals surface area contributed by atoms with Gasteiger partial charge in [0.1, 0.15) is 5.82 Å². The van der Waals surface area contributed by atoms with Crippen molar-refractivity contribution >= 4 is 34.9 Å². The maximum Gasteiger partial charge on any atom is 0.335 e. The SMILES string of the molecule is O=C(O)c1ccc(F)c(CNc2cc(Cl)c(F)c(Cl)c2)c1. The minimum Gasteiger partial charge on any atom is -0.478 e. The number of rotatable bonds is 4. The van der Waals surface area contributed by atoms with Crippen LogP contribution in [0.1, 0.15) is 15.9 Å². The first kappa shape index (κ1) is 15.5. The highest BCUT2D eigenvalue weighted by atomic mass is 35.5. The Bertz CT molecular complexity index is 684. The van der Waals surface area contributed by atoms with E-state index in [4.69, 9.17) is 28.3 Å². The first-order valence-electron chi connectivity index (χ1n) is 5.78. The van der Waals surface area contributed by atoms with Gasteiger partial charge in [-0.05, 0) is 30.3 Å². The second kappa shape index (κ2) is 6.28. The number of aromatic carboxylic acids is 1. The third-order valence-electron chi connectivity index (χ3n) is 2.76. The Kier molecular flexibility index (Phi) is 4.65. The summed E-state index contributed by atoms with van der Waals surface area (Å²) in [7, 11) is 0. The monoisotopic (exact) mass is 331 g/mol. The maximum absolute atomic E-state index is 13.6. The summed E-state index contributed by atoms with van der Waals surface area (Å²) in [6.45, 7) is 0.00520. The summed E-state index contributed by atoms with van der Waals surface area (Å²) in [6, 6.07) is 6.08. The molecule has 0 aliphatic rings. The zero-order valence-corrected chi connectivity index (χ0v) is 12.0. The molecule has 0 unspecified atom stereocenters. The van der Waals surface area contributed by atoms with Gasteiger partial charge < -0.3 is 10.4 Å². The van der Waals surface area contributed by atoms with Crippen molar-refractivity contribution in [3.8, 4) is 0 Å². The molecule has 0 saturated carbocycles. The quantitative estimate of drug-likeness (QED) is 0.806. The van der Waals surface area contributed by atoms with Crippen LogP contribution in [0, 0.1) is 11.6 Å². The smallest absolute Gasteiger partial charge is 0.335 e. The van der Waals surface area contributed by atoms with Gasteiger partial charge in [0.15, 0.2) is 5.82 Å². The zero-order valence-electron chi connectivity index (χ0n) is 10.5. The van der Waals surface area contributed by atoms with Crippen molar-refractivity contribution in [1.29, 1.82) is 0 Å². The Morgan fingerprint density at radius 3 is 2.33 bits per heavy atom. The molecule has 3 nitrogen and oxygen atoms in total. The molecule has 0 spiro atoms. The fourth-order valence-electron chi connectivity index (χ4n) is 1.70. The summed E-state index contributed by atoms with van der Waals surface area (Å²) in [4.78, 5) is 10.8. The van der Waals surface area contributed by atoms with E-state index in [-0.39, 0.29) is 27.7 Å². The van der Waals surface area contributed by atoms with Crippen LogP contribution < -0.4 is 5.32 Å². The van der Waals surface area contributed by atoms with E-state index < -0.39 is 17.6 Å². The van der Waals surface area contributed by atoms with Gasteiger partial charge in [0, 0.05) is 17.8 Å². The van der Waals surface area contributed by atoms with Gasteiger partial charge >= 0.3 is 5.97 Å². The van der Waals surface area contributed by atoms with E-state index in [1.54, 1.807) is 0 Å². The molecule has 0 aliphatic carbocycles. The molecule has 0 heterocycles. The van der Waals surface area contributed by atoms with Gasteiger partial charge in [0.05, 0.1) is 15.6 Å². The number of hydrogen-bond donors (Lipinski definition) is 2. The predicted molar refractivity (Wildman–Crippen MR) is 77.1 cm³/mol. The van der Waals surface area contributed by atoms with Crippen LogP contribution in [0.2, 0.25) is 10.0 Å². The van der Waals surface area contributed by atoms with Gasteiger partial charge in [-0.2, -0.15) is 0 Å². The van der Waals surface area contributed by atoms with Crippen molar-refractivity contribution in [2.24, 2.45) is 0 Å². The highest BCUT2D eigenvalue weighted by molar-refractivity contribution is 6.35. The van der Waals surface area contributed by atoms with E-state index >= 15 is 0 Å². The van der Waals surface area contributed by atoms with Crippen LogP contribution in [0.25, 0.3) is 0 Å². The van der Waals surface area contributed by atoms with E-state index in [9.17, 15) is 13.6 Å². The van der Waals surface area contributed by atoms with Crippen LogP contribution in [0.5, 0.6) is 0 Å². The number of carboxylic acids is 1. The Morgan fingerprint density at radius 2 is 1.76 bits per heavy atom. The first-order valence-corrected chi connectivity index (χ1v) is 6.54. The zero-order chi connectivity index (χ0) is 15.6. The maximum atomic E-state index is 13.6. The molecular formula is C14H9Cl2F2NO2. The molecule has 0 atom stereocenters. The molecule has 2 aromatic rings. The van der Waals surface area contributed by atoms with Gasteiger partial charge in [-0.15, -0.1) is 0 Å². The van der Waals surface area contributed by atoms with Gasteiger partial charge in [-0.25, -0.2) is 13.6 Å². The second-order valence-corrected chi connectivity index (χ2v) is 5.03. The van der Waals surface area contributed by atoms with Crippen LogP contribution in [0.15, 0.2) is 30.3 Å². The number of benzene rings is 2. The van der Waals surface area contributed by atoms with E-state index in [1.807, 2.05) is 0 Å². The number of halogens is 4. The lowest BCUT2D eigenvalue weighted by Crippen LogP contribution is -2.05. The molecule has 110 valence electrons. The highest BCUT2D eigenvalue weighted by Crippen LogP contribution is 2.27. The van der Waals surface area contributed by atoms with Crippen molar-refractivity contribution in [2.45, 2.75) is 6.54 Å².